The summed E-state index contributed by atoms with van der Waals surface area (Å²) in [5, 5.41) is 0. The van der Waals surface area contributed by atoms with Crippen LogP contribution in [0.15, 0.2) is 0 Å². The third-order valence-corrected chi connectivity index (χ3v) is 5.63. The molecule has 108 valence electrons. The standard InChI is InChI=1S/C16H26O3/c1-4-15(5-2)10-16(11-15,14(18)19-3)13(17)12-8-6-7-9-12/h12H,4-11H2,1-3H3. The molecule has 0 heterocycles. The minimum atomic E-state index is -0.810. The molecule has 2 aliphatic rings. The van der Waals surface area contributed by atoms with Gasteiger partial charge >= 0.3 is 5.97 Å². The van der Waals surface area contributed by atoms with Crippen LogP contribution in [-0.2, 0) is 14.3 Å². The van der Waals surface area contributed by atoms with E-state index in [4.69, 9.17) is 4.74 Å². The van der Waals surface area contributed by atoms with Crippen LogP contribution in [0.3, 0.4) is 0 Å². The van der Waals surface area contributed by atoms with Gasteiger partial charge in [-0.15, -0.1) is 0 Å². The van der Waals surface area contributed by atoms with Crippen molar-refractivity contribution >= 4 is 11.8 Å². The van der Waals surface area contributed by atoms with Gasteiger partial charge in [0, 0.05) is 5.92 Å². The fraction of sp³-hybridized carbons (Fsp3) is 0.875. The van der Waals surface area contributed by atoms with Gasteiger partial charge in [0.2, 0.25) is 0 Å². The van der Waals surface area contributed by atoms with E-state index in [2.05, 4.69) is 13.8 Å². The summed E-state index contributed by atoms with van der Waals surface area (Å²) in [7, 11) is 1.41. The van der Waals surface area contributed by atoms with E-state index in [0.717, 1.165) is 38.5 Å². The SMILES string of the molecule is CCC1(CC)CC(C(=O)OC)(C(=O)C2CCCC2)C1. The van der Waals surface area contributed by atoms with Crippen LogP contribution in [0, 0.1) is 16.7 Å². The van der Waals surface area contributed by atoms with Crippen molar-refractivity contribution in [2.75, 3.05) is 7.11 Å². The average Bonchev–Trinajstić information content (AvgIpc) is 2.92. The molecule has 0 radical (unpaired) electrons. The minimum absolute atomic E-state index is 0.103. The Hall–Kier alpha value is -0.860. The zero-order valence-electron chi connectivity index (χ0n) is 12.5. The van der Waals surface area contributed by atoms with Gasteiger partial charge in [0.15, 0.2) is 5.78 Å². The molecule has 0 aromatic carbocycles. The Bertz CT molecular complexity index is 354. The second kappa shape index (κ2) is 5.26. The summed E-state index contributed by atoms with van der Waals surface area (Å²) < 4.78 is 4.96. The molecule has 0 amide bonds. The predicted octanol–water partition coefficient (Wildman–Crippen LogP) is 3.51. The summed E-state index contributed by atoms with van der Waals surface area (Å²) in [6, 6.07) is 0. The molecule has 0 bridgehead atoms. The largest absolute Gasteiger partial charge is 0.468 e. The number of carbonyl (C=O) groups is 2. The number of carbonyl (C=O) groups excluding carboxylic acids is 2. The smallest absolute Gasteiger partial charge is 0.319 e. The molecule has 0 aromatic heterocycles. The van der Waals surface area contributed by atoms with Crippen LogP contribution in [0.25, 0.3) is 0 Å². The summed E-state index contributed by atoms with van der Waals surface area (Å²) in [5.74, 6) is -0.0119. The van der Waals surface area contributed by atoms with E-state index in [1.165, 1.54) is 7.11 Å². The lowest BCUT2D eigenvalue weighted by Gasteiger charge is -2.54. The third-order valence-electron chi connectivity index (χ3n) is 5.63. The highest BCUT2D eigenvalue weighted by atomic mass is 16.5. The van der Waals surface area contributed by atoms with Crippen molar-refractivity contribution in [3.63, 3.8) is 0 Å². The second-order valence-corrected chi connectivity index (χ2v) is 6.48. The molecule has 3 heteroatoms. The van der Waals surface area contributed by atoms with E-state index in [1.54, 1.807) is 0 Å². The van der Waals surface area contributed by atoms with E-state index in [-0.39, 0.29) is 23.1 Å². The van der Waals surface area contributed by atoms with E-state index in [9.17, 15) is 9.59 Å². The van der Waals surface area contributed by atoms with Crippen molar-refractivity contribution < 1.29 is 14.3 Å². The molecule has 0 unspecified atom stereocenters. The van der Waals surface area contributed by atoms with Gasteiger partial charge in [0.05, 0.1) is 7.11 Å². The van der Waals surface area contributed by atoms with E-state index >= 15 is 0 Å². The average molecular weight is 266 g/mol. The molecule has 0 aliphatic heterocycles. The Balaban J connectivity index is 2.18. The molecule has 0 N–H and O–H groups in total. The zero-order valence-corrected chi connectivity index (χ0v) is 12.5. The molecule has 3 nitrogen and oxygen atoms in total. The molecule has 0 saturated heterocycles. The quantitative estimate of drug-likeness (QED) is 0.565. The minimum Gasteiger partial charge on any atom is -0.468 e. The summed E-state index contributed by atoms with van der Waals surface area (Å²) in [4.78, 5) is 25.0. The first-order valence-corrected chi connectivity index (χ1v) is 7.66. The first-order valence-electron chi connectivity index (χ1n) is 7.66. The fourth-order valence-electron chi connectivity index (χ4n) is 4.17. The highest BCUT2D eigenvalue weighted by molar-refractivity contribution is 6.06. The molecule has 0 aromatic rings. The number of ketones is 1. The van der Waals surface area contributed by atoms with Crippen LogP contribution in [0.5, 0.6) is 0 Å². The van der Waals surface area contributed by atoms with Crippen LogP contribution in [0.2, 0.25) is 0 Å². The normalized spacial score (nSPS) is 24.8. The van der Waals surface area contributed by atoms with Crippen molar-refractivity contribution in [3.8, 4) is 0 Å². The zero-order chi connectivity index (χ0) is 14.1. The topological polar surface area (TPSA) is 43.4 Å². The van der Waals surface area contributed by atoms with E-state index in [0.29, 0.717) is 12.8 Å². The van der Waals surface area contributed by atoms with E-state index < -0.39 is 5.41 Å². The van der Waals surface area contributed by atoms with Crippen LogP contribution in [-0.4, -0.2) is 18.9 Å². The number of methoxy groups -OCH3 is 1. The number of hydrogen-bond donors (Lipinski definition) is 0. The van der Waals surface area contributed by atoms with Crippen molar-refractivity contribution in [1.82, 2.24) is 0 Å². The molecule has 0 atom stereocenters. The Kier molecular flexibility index (Phi) is 4.03. The first kappa shape index (κ1) is 14.5. The number of esters is 1. The third kappa shape index (κ3) is 2.21. The van der Waals surface area contributed by atoms with Crippen LogP contribution in [0.1, 0.15) is 65.2 Å². The van der Waals surface area contributed by atoms with Crippen LogP contribution >= 0.6 is 0 Å². The predicted molar refractivity (Wildman–Crippen MR) is 73.7 cm³/mol. The molecular weight excluding hydrogens is 240 g/mol. The number of Topliss-reactive ketones (excluding diaryl/α,β-unsaturated/α-hetero) is 1. The Labute approximate surface area is 116 Å². The van der Waals surface area contributed by atoms with Gasteiger partial charge in [-0.2, -0.15) is 0 Å². The van der Waals surface area contributed by atoms with Gasteiger partial charge in [-0.1, -0.05) is 39.5 Å². The van der Waals surface area contributed by atoms with Crippen molar-refractivity contribution in [2.24, 2.45) is 16.7 Å². The molecule has 19 heavy (non-hydrogen) atoms. The number of ether oxygens (including phenoxy) is 1. The van der Waals surface area contributed by atoms with Gasteiger partial charge in [-0.25, -0.2) is 0 Å². The Morgan fingerprint density at radius 2 is 1.63 bits per heavy atom. The highest BCUT2D eigenvalue weighted by Crippen LogP contribution is 2.60. The Morgan fingerprint density at radius 3 is 2.05 bits per heavy atom. The molecule has 2 fully saturated rings. The fourth-order valence-corrected chi connectivity index (χ4v) is 4.17. The molecule has 2 aliphatic carbocycles. The molecule has 0 spiro atoms. The first-order chi connectivity index (χ1) is 9.03. The lowest BCUT2D eigenvalue weighted by molar-refractivity contribution is -0.178. The molecule has 2 rings (SSSR count). The highest BCUT2D eigenvalue weighted by Gasteiger charge is 2.63. The summed E-state index contributed by atoms with van der Waals surface area (Å²) in [6.45, 7) is 4.31. The van der Waals surface area contributed by atoms with Crippen molar-refractivity contribution in [1.29, 1.82) is 0 Å². The van der Waals surface area contributed by atoms with Crippen LogP contribution < -0.4 is 0 Å². The lowest BCUT2D eigenvalue weighted by atomic mass is 9.48. The molecule has 2 saturated carbocycles. The maximum Gasteiger partial charge on any atom is 0.319 e. The van der Waals surface area contributed by atoms with Crippen LogP contribution in [0.4, 0.5) is 0 Å². The van der Waals surface area contributed by atoms with Gasteiger partial charge in [0.25, 0.3) is 0 Å². The van der Waals surface area contributed by atoms with Crippen molar-refractivity contribution in [2.45, 2.75) is 65.2 Å². The van der Waals surface area contributed by atoms with Gasteiger partial charge in [-0.05, 0) is 31.1 Å². The summed E-state index contributed by atoms with van der Waals surface area (Å²) in [6.07, 6.45) is 7.66. The Morgan fingerprint density at radius 1 is 1.11 bits per heavy atom. The van der Waals surface area contributed by atoms with Crippen molar-refractivity contribution in [3.05, 3.63) is 0 Å². The van der Waals surface area contributed by atoms with Gasteiger partial charge in [-0.3, -0.25) is 9.59 Å². The monoisotopic (exact) mass is 266 g/mol. The maximum absolute atomic E-state index is 12.8. The van der Waals surface area contributed by atoms with Gasteiger partial charge in [0.1, 0.15) is 5.41 Å². The number of hydrogen-bond acceptors (Lipinski definition) is 3. The van der Waals surface area contributed by atoms with Gasteiger partial charge < -0.3 is 4.74 Å². The van der Waals surface area contributed by atoms with E-state index in [1.807, 2.05) is 0 Å². The molecular formula is C16H26O3. The number of rotatable bonds is 5. The lowest BCUT2D eigenvalue weighted by Crippen LogP contribution is -2.57. The summed E-state index contributed by atoms with van der Waals surface area (Å²) in [5.41, 5.74) is -0.627. The maximum atomic E-state index is 12.8. The summed E-state index contributed by atoms with van der Waals surface area (Å²) >= 11 is 0. The second-order valence-electron chi connectivity index (χ2n) is 6.48.